The molecule has 7 heteroatoms. The number of aromatic nitrogens is 2. The molecule has 0 aliphatic heterocycles. The van der Waals surface area contributed by atoms with Crippen LogP contribution in [0.15, 0.2) is 18.5 Å². The first kappa shape index (κ1) is 20.2. The number of thiophene rings is 1. The first-order valence-electron chi connectivity index (χ1n) is 8.75. The van der Waals surface area contributed by atoms with Crippen molar-refractivity contribution < 1.29 is 9.59 Å². The van der Waals surface area contributed by atoms with Crippen molar-refractivity contribution in [3.05, 3.63) is 34.7 Å². The van der Waals surface area contributed by atoms with Crippen molar-refractivity contribution in [1.29, 1.82) is 0 Å². The third-order valence-electron chi connectivity index (χ3n) is 4.09. The molecule has 2 aromatic rings. The van der Waals surface area contributed by atoms with Gasteiger partial charge in [-0.3, -0.25) is 9.59 Å². The van der Waals surface area contributed by atoms with Gasteiger partial charge in [0.2, 0.25) is 5.91 Å². The second kappa shape index (κ2) is 8.03. The average Bonchev–Trinajstić information content (AvgIpc) is 3.10. The molecule has 0 spiro atoms. The number of amides is 2. The minimum Gasteiger partial charge on any atom is -0.351 e. The van der Waals surface area contributed by atoms with E-state index in [4.69, 9.17) is 0 Å². The van der Waals surface area contributed by atoms with Crippen LogP contribution in [0, 0.1) is 25.2 Å². The van der Waals surface area contributed by atoms with E-state index >= 15 is 0 Å². The van der Waals surface area contributed by atoms with Gasteiger partial charge >= 0.3 is 0 Å². The maximum absolute atomic E-state index is 12.5. The average molecular weight is 377 g/mol. The molecule has 0 saturated heterocycles. The topological polar surface area (TPSA) is 76.0 Å². The Kier molecular flexibility index (Phi) is 6.23. The molecule has 2 heterocycles. The van der Waals surface area contributed by atoms with Gasteiger partial charge in [-0.1, -0.05) is 27.7 Å². The normalized spacial score (nSPS) is 12.7. The van der Waals surface area contributed by atoms with Gasteiger partial charge in [0.15, 0.2) is 0 Å². The van der Waals surface area contributed by atoms with Gasteiger partial charge < -0.3 is 15.2 Å². The molecule has 0 bridgehead atoms. The van der Waals surface area contributed by atoms with Crippen molar-refractivity contribution in [1.82, 2.24) is 14.9 Å². The van der Waals surface area contributed by atoms with E-state index in [-0.39, 0.29) is 17.7 Å². The Labute approximate surface area is 159 Å². The van der Waals surface area contributed by atoms with Gasteiger partial charge in [-0.15, -0.1) is 11.3 Å². The number of rotatable bonds is 6. The fourth-order valence-corrected chi connectivity index (χ4v) is 3.40. The van der Waals surface area contributed by atoms with Crippen molar-refractivity contribution >= 4 is 28.2 Å². The SMILES string of the molecule is Cc1cc(NC(=O)C(C)(C)C)sc1C(=O)NCC(C)Cn1ccnc1C. The number of hydrogen-bond acceptors (Lipinski definition) is 4. The lowest BCUT2D eigenvalue weighted by Gasteiger charge is -2.16. The molecule has 2 rings (SSSR count). The summed E-state index contributed by atoms with van der Waals surface area (Å²) in [6, 6.07) is 1.85. The van der Waals surface area contributed by atoms with E-state index in [1.807, 2.05) is 46.9 Å². The largest absolute Gasteiger partial charge is 0.351 e. The van der Waals surface area contributed by atoms with Crippen LogP contribution in [0.1, 0.15) is 48.8 Å². The summed E-state index contributed by atoms with van der Waals surface area (Å²) in [5.41, 5.74) is 0.399. The number of hydrogen-bond donors (Lipinski definition) is 2. The van der Waals surface area contributed by atoms with Gasteiger partial charge in [-0.2, -0.15) is 0 Å². The van der Waals surface area contributed by atoms with Crippen LogP contribution < -0.4 is 10.6 Å². The Hall–Kier alpha value is -2.15. The molecule has 2 amide bonds. The zero-order valence-corrected chi connectivity index (χ0v) is 17.2. The maximum Gasteiger partial charge on any atom is 0.261 e. The Balaban J connectivity index is 1.93. The van der Waals surface area contributed by atoms with Gasteiger partial charge in [0.25, 0.3) is 5.91 Å². The van der Waals surface area contributed by atoms with Crippen LogP contribution in [0.2, 0.25) is 0 Å². The van der Waals surface area contributed by atoms with Crippen molar-refractivity contribution in [2.75, 3.05) is 11.9 Å². The molecule has 6 nitrogen and oxygen atoms in total. The summed E-state index contributed by atoms with van der Waals surface area (Å²) in [6.45, 7) is 12.9. The molecule has 142 valence electrons. The molecule has 1 atom stereocenters. The van der Waals surface area contributed by atoms with Crippen molar-refractivity contribution in [3.63, 3.8) is 0 Å². The Morgan fingerprint density at radius 2 is 2.00 bits per heavy atom. The van der Waals surface area contributed by atoms with E-state index in [1.165, 1.54) is 11.3 Å². The van der Waals surface area contributed by atoms with Gasteiger partial charge in [-0.05, 0) is 31.4 Å². The first-order chi connectivity index (χ1) is 12.1. The summed E-state index contributed by atoms with van der Waals surface area (Å²) in [6.07, 6.45) is 3.73. The summed E-state index contributed by atoms with van der Waals surface area (Å²) in [7, 11) is 0. The highest BCUT2D eigenvalue weighted by molar-refractivity contribution is 7.18. The molecule has 0 fully saturated rings. The number of nitrogens with one attached hydrogen (secondary N) is 2. The van der Waals surface area contributed by atoms with Gasteiger partial charge in [0, 0.05) is 30.9 Å². The highest BCUT2D eigenvalue weighted by Gasteiger charge is 2.23. The van der Waals surface area contributed by atoms with E-state index in [2.05, 4.69) is 27.1 Å². The minimum absolute atomic E-state index is 0.0602. The van der Waals surface area contributed by atoms with E-state index in [9.17, 15) is 9.59 Å². The highest BCUT2D eigenvalue weighted by atomic mass is 32.1. The number of carbonyl (C=O) groups excluding carboxylic acids is 2. The van der Waals surface area contributed by atoms with Crippen LogP contribution in [0.4, 0.5) is 5.00 Å². The predicted octanol–water partition coefficient (Wildman–Crippen LogP) is 3.61. The predicted molar refractivity (Wildman–Crippen MR) is 106 cm³/mol. The summed E-state index contributed by atoms with van der Waals surface area (Å²) >= 11 is 1.31. The zero-order valence-electron chi connectivity index (χ0n) is 16.3. The van der Waals surface area contributed by atoms with E-state index in [0.717, 1.165) is 17.9 Å². The monoisotopic (exact) mass is 376 g/mol. The summed E-state index contributed by atoms with van der Waals surface area (Å²) in [5, 5.41) is 6.58. The van der Waals surface area contributed by atoms with Crippen molar-refractivity contribution in [2.45, 2.75) is 48.1 Å². The Bertz CT molecular complexity index is 786. The standard InChI is InChI=1S/C19H28N4O2S/c1-12(11-23-8-7-20-14(23)3)10-21-17(24)16-13(2)9-15(26-16)22-18(25)19(4,5)6/h7-9,12H,10-11H2,1-6H3,(H,21,24)(H,22,25). The number of anilines is 1. The molecule has 0 saturated carbocycles. The quantitative estimate of drug-likeness (QED) is 0.808. The summed E-state index contributed by atoms with van der Waals surface area (Å²) < 4.78 is 2.08. The van der Waals surface area contributed by atoms with E-state index in [1.54, 1.807) is 6.20 Å². The zero-order chi connectivity index (χ0) is 19.5. The lowest BCUT2D eigenvalue weighted by Crippen LogP contribution is -2.30. The Morgan fingerprint density at radius 3 is 2.58 bits per heavy atom. The van der Waals surface area contributed by atoms with Crippen LogP contribution in [-0.4, -0.2) is 27.9 Å². The van der Waals surface area contributed by atoms with Crippen molar-refractivity contribution in [3.8, 4) is 0 Å². The van der Waals surface area contributed by atoms with Crippen LogP contribution in [-0.2, 0) is 11.3 Å². The molecule has 0 aromatic carbocycles. The molecule has 0 radical (unpaired) electrons. The Morgan fingerprint density at radius 1 is 1.31 bits per heavy atom. The van der Waals surface area contributed by atoms with Gasteiger partial charge in [-0.25, -0.2) is 4.98 Å². The molecule has 0 aliphatic carbocycles. The van der Waals surface area contributed by atoms with Gasteiger partial charge in [0.05, 0.1) is 9.88 Å². The number of imidazole rings is 1. The second-order valence-corrected chi connectivity index (χ2v) is 8.82. The fraction of sp³-hybridized carbons (Fsp3) is 0.526. The lowest BCUT2D eigenvalue weighted by molar-refractivity contribution is -0.123. The van der Waals surface area contributed by atoms with Crippen LogP contribution in [0.5, 0.6) is 0 Å². The molecule has 0 aliphatic rings. The second-order valence-electron chi connectivity index (χ2n) is 7.77. The molecule has 2 N–H and O–H groups in total. The smallest absolute Gasteiger partial charge is 0.261 e. The lowest BCUT2D eigenvalue weighted by atomic mass is 9.96. The molecule has 26 heavy (non-hydrogen) atoms. The highest BCUT2D eigenvalue weighted by Crippen LogP contribution is 2.28. The van der Waals surface area contributed by atoms with Crippen molar-refractivity contribution in [2.24, 2.45) is 11.3 Å². The maximum atomic E-state index is 12.5. The van der Waals surface area contributed by atoms with Crippen LogP contribution in [0.25, 0.3) is 0 Å². The third-order valence-corrected chi connectivity index (χ3v) is 5.24. The molecule has 1 unspecified atom stereocenters. The van der Waals surface area contributed by atoms with E-state index in [0.29, 0.717) is 16.4 Å². The number of aryl methyl sites for hydroxylation is 2. The van der Waals surface area contributed by atoms with Gasteiger partial charge in [0.1, 0.15) is 5.82 Å². The molecule has 2 aromatic heterocycles. The number of carbonyl (C=O) groups is 2. The minimum atomic E-state index is -0.471. The van der Waals surface area contributed by atoms with Crippen LogP contribution in [0.3, 0.4) is 0 Å². The summed E-state index contributed by atoms with van der Waals surface area (Å²) in [4.78, 5) is 29.5. The van der Waals surface area contributed by atoms with E-state index < -0.39 is 5.41 Å². The molecular formula is C19H28N4O2S. The third kappa shape index (κ3) is 5.17. The first-order valence-corrected chi connectivity index (χ1v) is 9.57. The van der Waals surface area contributed by atoms with Crippen LogP contribution >= 0.6 is 11.3 Å². The molecular weight excluding hydrogens is 348 g/mol. The summed E-state index contributed by atoms with van der Waals surface area (Å²) in [5.74, 6) is 1.09. The number of nitrogens with zero attached hydrogens (tertiary/aromatic N) is 2. The fourth-order valence-electron chi connectivity index (χ4n) is 2.41.